The number of nitrogens with zero attached hydrogens (tertiary/aromatic N) is 2. The smallest absolute Gasteiger partial charge is 0.310 e. The lowest BCUT2D eigenvalue weighted by Gasteiger charge is -2.11. The van der Waals surface area contributed by atoms with Crippen LogP contribution in [0.25, 0.3) is 10.9 Å². The molecule has 0 fully saturated rings. The van der Waals surface area contributed by atoms with Crippen molar-refractivity contribution in [2.24, 2.45) is 0 Å². The number of hydrogen-bond acceptors (Lipinski definition) is 5. The minimum absolute atomic E-state index is 0.0538. The number of carbonyl (C=O) groups excluding carboxylic acids is 1. The summed E-state index contributed by atoms with van der Waals surface area (Å²) in [5, 5.41) is 14.5. The van der Waals surface area contributed by atoms with E-state index in [9.17, 15) is 14.9 Å². The molecule has 0 radical (unpaired) electrons. The van der Waals surface area contributed by atoms with E-state index < -0.39 is 10.8 Å². The van der Waals surface area contributed by atoms with Gasteiger partial charge in [-0.25, -0.2) is 0 Å². The van der Waals surface area contributed by atoms with E-state index in [1.165, 1.54) is 18.2 Å². The molecule has 3 rings (SSSR count). The fourth-order valence-corrected chi connectivity index (χ4v) is 2.48. The van der Waals surface area contributed by atoms with Crippen molar-refractivity contribution in [2.75, 3.05) is 11.9 Å². The van der Waals surface area contributed by atoms with Crippen LogP contribution in [0, 0.1) is 17.0 Å². The molecule has 7 nitrogen and oxygen atoms in total. The fourth-order valence-electron chi connectivity index (χ4n) is 2.48. The molecule has 0 bridgehead atoms. The number of pyridine rings is 1. The first-order chi connectivity index (χ1) is 12.1. The Bertz CT molecular complexity index is 956. The van der Waals surface area contributed by atoms with Crippen molar-refractivity contribution < 1.29 is 14.5 Å². The highest BCUT2D eigenvalue weighted by Crippen LogP contribution is 2.26. The van der Waals surface area contributed by atoms with Crippen LogP contribution < -0.4 is 10.1 Å². The molecule has 1 amide bonds. The van der Waals surface area contributed by atoms with Gasteiger partial charge in [-0.1, -0.05) is 18.2 Å². The molecule has 126 valence electrons. The highest BCUT2D eigenvalue weighted by Gasteiger charge is 2.15. The first kappa shape index (κ1) is 16.4. The Hall–Kier alpha value is -3.48. The minimum Gasteiger partial charge on any atom is -0.477 e. The van der Waals surface area contributed by atoms with Gasteiger partial charge in [-0.15, -0.1) is 0 Å². The van der Waals surface area contributed by atoms with E-state index in [0.717, 1.165) is 16.5 Å². The second-order valence-electron chi connectivity index (χ2n) is 5.39. The van der Waals surface area contributed by atoms with Crippen molar-refractivity contribution >= 4 is 28.2 Å². The Balaban J connectivity index is 1.74. The number of benzene rings is 2. The Labute approximate surface area is 143 Å². The van der Waals surface area contributed by atoms with Crippen molar-refractivity contribution in [3.05, 3.63) is 70.4 Å². The summed E-state index contributed by atoms with van der Waals surface area (Å²) in [6.07, 6.45) is 1.69. The molecular weight excluding hydrogens is 322 g/mol. The SMILES string of the molecule is Cc1ccc(NC(=O)COc2ccccc2[N+](=O)[O-])c2cccnc12. The highest BCUT2D eigenvalue weighted by atomic mass is 16.6. The monoisotopic (exact) mass is 337 g/mol. The summed E-state index contributed by atoms with van der Waals surface area (Å²) >= 11 is 0. The lowest BCUT2D eigenvalue weighted by Crippen LogP contribution is -2.20. The number of ether oxygens (including phenoxy) is 1. The maximum Gasteiger partial charge on any atom is 0.310 e. The number of anilines is 1. The van der Waals surface area contributed by atoms with Crippen LogP contribution in [0.2, 0.25) is 0 Å². The van der Waals surface area contributed by atoms with E-state index in [1.54, 1.807) is 24.4 Å². The van der Waals surface area contributed by atoms with E-state index in [-0.39, 0.29) is 18.0 Å². The van der Waals surface area contributed by atoms with Gasteiger partial charge in [0.05, 0.1) is 16.1 Å². The largest absolute Gasteiger partial charge is 0.477 e. The zero-order valence-corrected chi connectivity index (χ0v) is 13.4. The first-order valence-corrected chi connectivity index (χ1v) is 7.56. The van der Waals surface area contributed by atoms with Gasteiger partial charge >= 0.3 is 5.69 Å². The van der Waals surface area contributed by atoms with E-state index in [0.29, 0.717) is 5.69 Å². The number of amides is 1. The van der Waals surface area contributed by atoms with Gasteiger partial charge in [-0.05, 0) is 36.8 Å². The van der Waals surface area contributed by atoms with Crippen LogP contribution >= 0.6 is 0 Å². The quantitative estimate of drug-likeness (QED) is 0.568. The normalized spacial score (nSPS) is 10.4. The van der Waals surface area contributed by atoms with Gasteiger partial charge in [0, 0.05) is 17.6 Å². The number of hydrogen-bond donors (Lipinski definition) is 1. The van der Waals surface area contributed by atoms with Gasteiger partial charge < -0.3 is 10.1 Å². The maximum absolute atomic E-state index is 12.2. The Morgan fingerprint density at radius 2 is 2.00 bits per heavy atom. The van der Waals surface area contributed by atoms with Gasteiger partial charge in [0.25, 0.3) is 5.91 Å². The Morgan fingerprint density at radius 1 is 1.20 bits per heavy atom. The van der Waals surface area contributed by atoms with Crippen LogP contribution in [0.1, 0.15) is 5.56 Å². The fraction of sp³-hybridized carbons (Fsp3) is 0.111. The summed E-state index contributed by atoms with van der Waals surface area (Å²) in [7, 11) is 0. The molecule has 0 spiro atoms. The van der Waals surface area contributed by atoms with E-state index in [2.05, 4.69) is 10.3 Å². The van der Waals surface area contributed by atoms with Gasteiger partial charge in [-0.2, -0.15) is 0 Å². The predicted octanol–water partition coefficient (Wildman–Crippen LogP) is 3.47. The summed E-state index contributed by atoms with van der Waals surface area (Å²) in [6.45, 7) is 1.61. The lowest BCUT2D eigenvalue weighted by atomic mass is 10.1. The second-order valence-corrected chi connectivity index (χ2v) is 5.39. The maximum atomic E-state index is 12.2. The van der Waals surface area contributed by atoms with Crippen LogP contribution in [0.3, 0.4) is 0 Å². The molecule has 0 unspecified atom stereocenters. The van der Waals surface area contributed by atoms with Crippen LogP contribution in [0.5, 0.6) is 5.75 Å². The van der Waals surface area contributed by atoms with Crippen LogP contribution in [-0.4, -0.2) is 22.4 Å². The molecule has 0 atom stereocenters. The molecule has 0 aliphatic heterocycles. The third-order valence-corrected chi connectivity index (χ3v) is 3.67. The summed E-state index contributed by atoms with van der Waals surface area (Å²) in [6, 6.07) is 13.3. The molecular formula is C18H15N3O4. The van der Waals surface area contributed by atoms with Crippen LogP contribution in [0.4, 0.5) is 11.4 Å². The Kier molecular flexibility index (Phi) is 4.56. The van der Waals surface area contributed by atoms with E-state index >= 15 is 0 Å². The molecule has 2 aromatic carbocycles. The van der Waals surface area contributed by atoms with Crippen LogP contribution in [-0.2, 0) is 4.79 Å². The van der Waals surface area contributed by atoms with Crippen molar-refractivity contribution in [1.29, 1.82) is 0 Å². The first-order valence-electron chi connectivity index (χ1n) is 7.56. The standard InChI is InChI=1S/C18H15N3O4/c1-12-8-9-14(13-5-4-10-19-18(12)13)20-17(22)11-25-16-7-3-2-6-15(16)21(23)24/h2-10H,11H2,1H3,(H,20,22). The number of carbonyl (C=O) groups is 1. The number of para-hydroxylation sites is 2. The topological polar surface area (TPSA) is 94.4 Å². The second kappa shape index (κ2) is 6.96. The minimum atomic E-state index is -0.549. The molecule has 0 aliphatic carbocycles. The van der Waals surface area contributed by atoms with Gasteiger partial charge in [0.15, 0.2) is 12.4 Å². The van der Waals surface area contributed by atoms with Gasteiger partial charge in [0.1, 0.15) is 0 Å². The molecule has 7 heteroatoms. The molecule has 1 aromatic heterocycles. The number of fused-ring (bicyclic) bond motifs is 1. The summed E-state index contributed by atoms with van der Waals surface area (Å²) in [4.78, 5) is 26.9. The molecule has 1 heterocycles. The summed E-state index contributed by atoms with van der Waals surface area (Å²) in [5.74, 6) is -0.356. The number of nitrogens with one attached hydrogen (secondary N) is 1. The predicted molar refractivity (Wildman–Crippen MR) is 93.7 cm³/mol. The summed E-state index contributed by atoms with van der Waals surface area (Å²) in [5.41, 5.74) is 2.25. The molecule has 1 N–H and O–H groups in total. The third-order valence-electron chi connectivity index (χ3n) is 3.67. The van der Waals surface area contributed by atoms with Crippen molar-refractivity contribution in [2.45, 2.75) is 6.92 Å². The number of nitro benzene ring substituents is 1. The average molecular weight is 337 g/mol. The third kappa shape index (κ3) is 3.55. The number of aromatic nitrogens is 1. The number of aryl methyl sites for hydroxylation is 1. The summed E-state index contributed by atoms with van der Waals surface area (Å²) < 4.78 is 5.30. The zero-order valence-electron chi connectivity index (χ0n) is 13.4. The molecule has 0 saturated heterocycles. The average Bonchev–Trinajstić information content (AvgIpc) is 2.63. The van der Waals surface area contributed by atoms with E-state index in [4.69, 9.17) is 4.74 Å². The van der Waals surface area contributed by atoms with Crippen molar-refractivity contribution in [3.63, 3.8) is 0 Å². The molecule has 0 aliphatic rings. The molecule has 25 heavy (non-hydrogen) atoms. The van der Waals surface area contributed by atoms with Crippen LogP contribution in [0.15, 0.2) is 54.7 Å². The molecule has 3 aromatic rings. The lowest BCUT2D eigenvalue weighted by molar-refractivity contribution is -0.385. The highest BCUT2D eigenvalue weighted by molar-refractivity contribution is 6.02. The van der Waals surface area contributed by atoms with Crippen molar-refractivity contribution in [1.82, 2.24) is 4.98 Å². The van der Waals surface area contributed by atoms with Crippen molar-refractivity contribution in [3.8, 4) is 5.75 Å². The Morgan fingerprint density at radius 3 is 2.80 bits per heavy atom. The number of nitro groups is 1. The van der Waals surface area contributed by atoms with Gasteiger partial charge in [-0.3, -0.25) is 19.9 Å². The number of rotatable bonds is 5. The zero-order chi connectivity index (χ0) is 17.8. The molecule has 0 saturated carbocycles. The van der Waals surface area contributed by atoms with E-state index in [1.807, 2.05) is 19.1 Å². The van der Waals surface area contributed by atoms with Gasteiger partial charge in [0.2, 0.25) is 0 Å².